The number of anilines is 1. The Hall–Kier alpha value is -3.10. The normalized spacial score (nSPS) is 19.8. The molecule has 2 aliphatic carbocycles. The molecule has 216 valence electrons. The monoisotopic (exact) mass is 640 g/mol. The Morgan fingerprint density at radius 2 is 1.59 bits per heavy atom. The Morgan fingerprint density at radius 3 is 2.15 bits per heavy atom. The molecule has 0 radical (unpaired) electrons. The maximum absolute atomic E-state index is 13.6. The van der Waals surface area contributed by atoms with Crippen LogP contribution in [0, 0.1) is 10.8 Å². The van der Waals surface area contributed by atoms with Crippen LogP contribution in [0.15, 0.2) is 63.4 Å². The van der Waals surface area contributed by atoms with Gasteiger partial charge in [-0.2, -0.15) is 0 Å². The Bertz CT molecular complexity index is 1470. The Labute approximate surface area is 253 Å². The first-order valence-corrected chi connectivity index (χ1v) is 14.8. The fourth-order valence-electron chi connectivity index (χ4n) is 6.16. The number of methoxy groups -OCH3 is 1. The van der Waals surface area contributed by atoms with E-state index in [-0.39, 0.29) is 34.9 Å². The zero-order valence-corrected chi connectivity index (χ0v) is 26.2. The largest absolute Gasteiger partial charge is 0.493 e. The Kier molecular flexibility index (Phi) is 7.85. The van der Waals surface area contributed by atoms with Crippen molar-refractivity contribution in [3.05, 3.63) is 74.0 Å². The van der Waals surface area contributed by atoms with Gasteiger partial charge in [0.1, 0.15) is 0 Å². The van der Waals surface area contributed by atoms with E-state index in [0.717, 1.165) is 29.8 Å². The lowest BCUT2D eigenvalue weighted by molar-refractivity contribution is -0.119. The second-order valence-corrected chi connectivity index (χ2v) is 13.8. The SMILES string of the molecule is COc1cc(C2C3=C(CC(C)(C)CC3=O)NC3=C2C(=O)CC(C)(C)C3)cc(Br)c1OCC(=O)Nc1ccccc1Cl. The van der Waals surface area contributed by atoms with Gasteiger partial charge in [-0.15, -0.1) is 0 Å². The van der Waals surface area contributed by atoms with E-state index in [1.54, 1.807) is 30.3 Å². The lowest BCUT2D eigenvalue weighted by Crippen LogP contribution is -2.42. The van der Waals surface area contributed by atoms with E-state index in [2.05, 4.69) is 54.3 Å². The van der Waals surface area contributed by atoms with Gasteiger partial charge in [-0.1, -0.05) is 51.4 Å². The van der Waals surface area contributed by atoms with Crippen molar-refractivity contribution >= 4 is 50.7 Å². The molecule has 7 nitrogen and oxygen atoms in total. The summed E-state index contributed by atoms with van der Waals surface area (Å²) in [4.78, 5) is 39.9. The summed E-state index contributed by atoms with van der Waals surface area (Å²) in [5, 5.41) is 6.70. The quantitative estimate of drug-likeness (QED) is 0.350. The van der Waals surface area contributed by atoms with Crippen molar-refractivity contribution in [3.63, 3.8) is 0 Å². The van der Waals surface area contributed by atoms with Crippen molar-refractivity contribution in [3.8, 4) is 11.5 Å². The van der Waals surface area contributed by atoms with Crippen molar-refractivity contribution in [2.75, 3.05) is 19.0 Å². The van der Waals surface area contributed by atoms with Crippen LogP contribution in [0.2, 0.25) is 5.02 Å². The summed E-state index contributed by atoms with van der Waals surface area (Å²) in [5.41, 5.74) is 3.98. The number of hydrogen-bond donors (Lipinski definition) is 2. The van der Waals surface area contributed by atoms with E-state index < -0.39 is 5.92 Å². The average molecular weight is 642 g/mol. The first kappa shape index (κ1) is 29.4. The van der Waals surface area contributed by atoms with Crippen LogP contribution in [0.5, 0.6) is 11.5 Å². The second kappa shape index (κ2) is 11.0. The van der Waals surface area contributed by atoms with Crippen LogP contribution in [0.4, 0.5) is 5.69 Å². The van der Waals surface area contributed by atoms with Gasteiger partial charge >= 0.3 is 0 Å². The number of Topliss-reactive ketones (excluding diaryl/α,β-unsaturated/α-hetero) is 2. The third-order valence-electron chi connectivity index (χ3n) is 7.80. The van der Waals surface area contributed by atoms with Gasteiger partial charge in [-0.3, -0.25) is 14.4 Å². The molecule has 1 heterocycles. The van der Waals surface area contributed by atoms with Crippen LogP contribution in [0.3, 0.4) is 0 Å². The first-order chi connectivity index (χ1) is 19.3. The number of para-hydroxylation sites is 1. The molecular formula is C32H34BrClN2O5. The molecule has 3 aliphatic rings. The standard InChI is InChI=1S/C32H34BrClN2O5/c1-31(2)12-21-28(23(37)14-31)27(29-22(35-21)13-32(3,4)15-24(29)38)17-10-18(33)30(25(11-17)40-5)41-16-26(39)36-20-9-7-6-8-19(20)34/h6-11,27,35H,12-16H2,1-5H3,(H,36,39). The summed E-state index contributed by atoms with van der Waals surface area (Å²) in [5.74, 6) is -0.0830. The summed E-state index contributed by atoms with van der Waals surface area (Å²) in [6, 6.07) is 10.6. The number of halogens is 2. The van der Waals surface area contributed by atoms with Gasteiger partial charge in [0, 0.05) is 41.3 Å². The molecule has 1 aliphatic heterocycles. The molecule has 0 saturated carbocycles. The number of benzene rings is 2. The summed E-state index contributed by atoms with van der Waals surface area (Å²) in [6.07, 6.45) is 2.25. The molecule has 2 aromatic carbocycles. The first-order valence-electron chi connectivity index (χ1n) is 13.6. The zero-order valence-electron chi connectivity index (χ0n) is 23.9. The molecule has 2 aromatic rings. The molecule has 0 unspecified atom stereocenters. The van der Waals surface area contributed by atoms with E-state index in [9.17, 15) is 14.4 Å². The number of rotatable bonds is 6. The molecule has 9 heteroatoms. The summed E-state index contributed by atoms with van der Waals surface area (Å²) < 4.78 is 12.1. The fraction of sp³-hybridized carbons (Fsp3) is 0.406. The van der Waals surface area contributed by atoms with Crippen LogP contribution in [-0.2, 0) is 14.4 Å². The average Bonchev–Trinajstić information content (AvgIpc) is 2.86. The van der Waals surface area contributed by atoms with Gasteiger partial charge < -0.3 is 20.1 Å². The highest BCUT2D eigenvalue weighted by molar-refractivity contribution is 9.10. The van der Waals surface area contributed by atoms with E-state index in [4.69, 9.17) is 21.1 Å². The second-order valence-electron chi connectivity index (χ2n) is 12.6. The molecule has 1 amide bonds. The van der Waals surface area contributed by atoms with Gasteiger partial charge in [0.2, 0.25) is 0 Å². The number of hydrogen-bond acceptors (Lipinski definition) is 6. The smallest absolute Gasteiger partial charge is 0.262 e. The predicted octanol–water partition coefficient (Wildman–Crippen LogP) is 7.10. The topological polar surface area (TPSA) is 93.7 Å². The van der Waals surface area contributed by atoms with Gasteiger partial charge in [0.25, 0.3) is 5.91 Å². The van der Waals surface area contributed by atoms with Gasteiger partial charge in [0.15, 0.2) is 29.7 Å². The number of carbonyl (C=O) groups excluding carboxylic acids is 3. The lowest BCUT2D eigenvalue weighted by Gasteiger charge is -2.44. The number of carbonyl (C=O) groups is 3. The number of amides is 1. The number of dihydropyridines is 1. The number of ketones is 2. The van der Waals surface area contributed by atoms with Crippen molar-refractivity contribution < 1.29 is 23.9 Å². The van der Waals surface area contributed by atoms with Crippen LogP contribution in [0.25, 0.3) is 0 Å². The van der Waals surface area contributed by atoms with Gasteiger partial charge in [-0.25, -0.2) is 0 Å². The highest BCUT2D eigenvalue weighted by atomic mass is 79.9. The van der Waals surface area contributed by atoms with Crippen molar-refractivity contribution in [2.45, 2.75) is 59.3 Å². The minimum absolute atomic E-state index is 0.0459. The summed E-state index contributed by atoms with van der Waals surface area (Å²) in [6.45, 7) is 8.11. The summed E-state index contributed by atoms with van der Waals surface area (Å²) in [7, 11) is 1.52. The van der Waals surface area contributed by atoms with Crippen LogP contribution >= 0.6 is 27.5 Å². The molecule has 0 spiro atoms. The molecule has 2 N–H and O–H groups in total. The number of nitrogens with one attached hydrogen (secondary N) is 2. The minimum atomic E-state index is -0.517. The number of ether oxygens (including phenoxy) is 2. The van der Waals surface area contributed by atoms with Gasteiger partial charge in [0.05, 0.1) is 22.3 Å². The molecule has 0 saturated heterocycles. The molecule has 0 aromatic heterocycles. The lowest BCUT2D eigenvalue weighted by atomic mass is 9.64. The maximum Gasteiger partial charge on any atom is 0.262 e. The minimum Gasteiger partial charge on any atom is -0.493 e. The van der Waals surface area contributed by atoms with Crippen LogP contribution in [-0.4, -0.2) is 31.2 Å². The Morgan fingerprint density at radius 1 is 1.00 bits per heavy atom. The molecular weight excluding hydrogens is 608 g/mol. The Balaban J connectivity index is 1.51. The third kappa shape index (κ3) is 5.95. The molecule has 41 heavy (non-hydrogen) atoms. The number of allylic oxidation sites excluding steroid dienone is 4. The van der Waals surface area contributed by atoms with E-state index in [0.29, 0.717) is 50.7 Å². The highest BCUT2D eigenvalue weighted by Crippen LogP contribution is 2.52. The fourth-order valence-corrected chi connectivity index (χ4v) is 6.91. The van der Waals surface area contributed by atoms with E-state index in [1.807, 2.05) is 6.07 Å². The van der Waals surface area contributed by atoms with Crippen molar-refractivity contribution in [1.82, 2.24) is 5.32 Å². The summed E-state index contributed by atoms with van der Waals surface area (Å²) >= 11 is 9.76. The zero-order chi connectivity index (χ0) is 29.7. The third-order valence-corrected chi connectivity index (χ3v) is 8.72. The molecule has 0 fully saturated rings. The van der Waals surface area contributed by atoms with Crippen LogP contribution < -0.4 is 20.1 Å². The van der Waals surface area contributed by atoms with Crippen LogP contribution in [0.1, 0.15) is 64.9 Å². The molecule has 0 atom stereocenters. The van der Waals surface area contributed by atoms with Crippen molar-refractivity contribution in [1.29, 1.82) is 0 Å². The van der Waals surface area contributed by atoms with E-state index >= 15 is 0 Å². The van der Waals surface area contributed by atoms with Crippen molar-refractivity contribution in [2.24, 2.45) is 10.8 Å². The van der Waals surface area contributed by atoms with Gasteiger partial charge in [-0.05, 0) is 69.4 Å². The molecule has 0 bridgehead atoms. The van der Waals surface area contributed by atoms with E-state index in [1.165, 1.54) is 7.11 Å². The predicted molar refractivity (Wildman–Crippen MR) is 162 cm³/mol. The molecule has 5 rings (SSSR count). The highest BCUT2D eigenvalue weighted by Gasteiger charge is 2.46. The maximum atomic E-state index is 13.6.